The number of anilines is 3. The van der Waals surface area contributed by atoms with E-state index < -0.39 is 36.3 Å². The van der Waals surface area contributed by atoms with E-state index in [1.54, 1.807) is 25.2 Å². The molecule has 1 fully saturated rings. The third-order valence-corrected chi connectivity index (χ3v) is 5.31. The van der Waals surface area contributed by atoms with Gasteiger partial charge in [-0.25, -0.2) is 14.2 Å². The first-order valence-electron chi connectivity index (χ1n) is 12.1. The lowest BCUT2D eigenvalue weighted by molar-refractivity contribution is 0.0442. The highest BCUT2D eigenvalue weighted by molar-refractivity contribution is 6.16. The number of nitriles is 1. The summed E-state index contributed by atoms with van der Waals surface area (Å²) in [6, 6.07) is 7.22. The maximum Gasteiger partial charge on any atom is 0.323 e. The molecule has 0 spiro atoms. The van der Waals surface area contributed by atoms with Gasteiger partial charge in [-0.1, -0.05) is 19.9 Å². The van der Waals surface area contributed by atoms with Gasteiger partial charge in [0.1, 0.15) is 20.2 Å². The van der Waals surface area contributed by atoms with Crippen molar-refractivity contribution < 1.29 is 23.8 Å². The second-order valence-corrected chi connectivity index (χ2v) is 8.71. The minimum absolute atomic E-state index is 0.0574. The Balaban J connectivity index is 0.00000216. The minimum Gasteiger partial charge on any atom is -0.494 e. The van der Waals surface area contributed by atoms with Crippen LogP contribution in [-0.2, 0) is 7.05 Å². The molecule has 40 heavy (non-hydrogen) atoms. The summed E-state index contributed by atoms with van der Waals surface area (Å²) in [7, 11) is 8.66. The fourth-order valence-corrected chi connectivity index (χ4v) is 3.61. The molecule has 3 amide bonds. The molecule has 3 heterocycles. The number of urea groups is 1. The van der Waals surface area contributed by atoms with Crippen LogP contribution < -0.4 is 20.7 Å². The Bertz CT molecular complexity index is 1430. The van der Waals surface area contributed by atoms with E-state index in [2.05, 4.69) is 36.2 Å². The van der Waals surface area contributed by atoms with Crippen molar-refractivity contribution in [3.63, 3.8) is 0 Å². The predicted octanol–water partition coefficient (Wildman–Crippen LogP) is 1.69. The minimum atomic E-state index is -2.10. The average molecular weight is 550 g/mol. The number of hydrogen-bond donors (Lipinski definition) is 4. The zero-order chi connectivity index (χ0) is 29.7. The van der Waals surface area contributed by atoms with Crippen LogP contribution in [0.2, 0.25) is 0 Å². The van der Waals surface area contributed by atoms with E-state index in [0.717, 1.165) is 11.8 Å². The number of carbonyl (C=O) groups is 2. The summed E-state index contributed by atoms with van der Waals surface area (Å²) < 4.78 is 21.0. The van der Waals surface area contributed by atoms with E-state index in [1.807, 2.05) is 13.8 Å². The van der Waals surface area contributed by atoms with Crippen LogP contribution >= 0.6 is 0 Å². The van der Waals surface area contributed by atoms with Gasteiger partial charge in [-0.3, -0.25) is 14.8 Å². The molecular formula is C24H28BFN10O4. The van der Waals surface area contributed by atoms with E-state index in [-0.39, 0.29) is 17.2 Å². The summed E-state index contributed by atoms with van der Waals surface area (Å²) >= 11 is 0. The maximum atomic E-state index is 13.9. The number of aliphatic hydroxyl groups is 1. The third kappa shape index (κ3) is 6.80. The van der Waals surface area contributed by atoms with Crippen LogP contribution in [-0.4, -0.2) is 86.2 Å². The van der Waals surface area contributed by atoms with Crippen LogP contribution in [0.15, 0.2) is 30.6 Å². The van der Waals surface area contributed by atoms with Crippen LogP contribution in [0.3, 0.4) is 0 Å². The van der Waals surface area contributed by atoms with E-state index in [9.17, 15) is 19.1 Å². The van der Waals surface area contributed by atoms with Crippen LogP contribution in [0.5, 0.6) is 5.75 Å². The molecule has 0 bridgehead atoms. The fraction of sp³-hybridized carbons (Fsp3) is 0.375. The summed E-state index contributed by atoms with van der Waals surface area (Å²) in [4.78, 5) is 30.6. The molecule has 2 radical (unpaired) electrons. The molecule has 3 aromatic rings. The number of methoxy groups -OCH3 is 1. The lowest BCUT2D eigenvalue weighted by atomic mass is 9.93. The Hall–Kier alpha value is -4.78. The molecule has 1 aliphatic heterocycles. The third-order valence-electron chi connectivity index (χ3n) is 5.31. The molecule has 1 aromatic carbocycles. The number of halogens is 1. The molecule has 1 aliphatic rings. The zero-order valence-electron chi connectivity index (χ0n) is 22.6. The number of aromatic nitrogens is 5. The molecule has 1 atom stereocenters. The number of benzene rings is 1. The Kier molecular flexibility index (Phi) is 8.90. The number of aryl methyl sites for hydroxylation is 1. The highest BCUT2D eigenvalue weighted by Crippen LogP contribution is 2.37. The summed E-state index contributed by atoms with van der Waals surface area (Å²) in [6.07, 6.45) is 1.53. The van der Waals surface area contributed by atoms with Crippen molar-refractivity contribution in [3.05, 3.63) is 36.3 Å². The smallest absolute Gasteiger partial charge is 0.323 e. The molecule has 4 N–H and O–H groups in total. The van der Waals surface area contributed by atoms with E-state index in [4.69, 9.17) is 17.8 Å². The van der Waals surface area contributed by atoms with Crippen molar-refractivity contribution in [1.82, 2.24) is 35.2 Å². The second kappa shape index (κ2) is 12.0. The van der Waals surface area contributed by atoms with Gasteiger partial charge in [0.25, 0.3) is 5.91 Å². The first-order chi connectivity index (χ1) is 18.9. The van der Waals surface area contributed by atoms with Crippen molar-refractivity contribution >= 4 is 37.0 Å². The molecule has 16 heteroatoms. The standard InChI is InChI=1S/C22H22BFN10O4.C2H6/c1-21(23,37)29-19(35)16-14(7-15(30-31-16)28-20(36)34-9-22(24,8-25)10-34)27-13-6-4-5-12(17(13)38-3)18-26-11-33(2)32-18;1-2/h4-7,11,37H,9-10H2,1-3H3,(H,29,35)(H2,27,28,30,36);1-2H3. The highest BCUT2D eigenvalue weighted by Gasteiger charge is 2.46. The lowest BCUT2D eigenvalue weighted by Gasteiger charge is -2.39. The van der Waals surface area contributed by atoms with Gasteiger partial charge in [-0.15, -0.1) is 10.2 Å². The fourth-order valence-electron chi connectivity index (χ4n) is 3.61. The van der Waals surface area contributed by atoms with E-state index in [1.165, 1.54) is 30.3 Å². The summed E-state index contributed by atoms with van der Waals surface area (Å²) in [6.45, 7) is 4.36. The second-order valence-electron chi connectivity index (χ2n) is 8.71. The number of rotatable bonds is 7. The number of ether oxygens (including phenoxy) is 1. The Morgan fingerprint density at radius 2 is 1.98 bits per heavy atom. The van der Waals surface area contributed by atoms with Gasteiger partial charge in [0.05, 0.1) is 42.8 Å². The SMILES string of the molecule is CC.[B]C(C)(O)NC(=O)c1nnc(NC(=O)N2CC(F)(C#N)C2)cc1Nc1cccc(-c2ncn(C)n2)c1OC. The quantitative estimate of drug-likeness (QED) is 0.249. The van der Waals surface area contributed by atoms with Gasteiger partial charge in [0.2, 0.25) is 5.67 Å². The van der Waals surface area contributed by atoms with Gasteiger partial charge in [0.15, 0.2) is 23.1 Å². The first-order valence-corrected chi connectivity index (χ1v) is 12.1. The first kappa shape index (κ1) is 29.8. The van der Waals surface area contributed by atoms with E-state index in [0.29, 0.717) is 22.8 Å². The zero-order valence-corrected chi connectivity index (χ0v) is 22.6. The number of carbonyl (C=O) groups excluding carboxylic acids is 2. The number of nitrogens with zero attached hydrogens (tertiary/aromatic N) is 7. The van der Waals surface area contributed by atoms with E-state index >= 15 is 0 Å². The predicted molar refractivity (Wildman–Crippen MR) is 144 cm³/mol. The number of para-hydroxylation sites is 1. The van der Waals surface area contributed by atoms with Crippen molar-refractivity contribution in [2.75, 3.05) is 30.8 Å². The normalized spacial score (nSPS) is 14.8. The molecule has 1 saturated heterocycles. The molecule has 208 valence electrons. The van der Waals surface area contributed by atoms with Crippen molar-refractivity contribution in [3.8, 4) is 23.2 Å². The number of alkyl halides is 1. The number of amides is 3. The Labute approximate surface area is 231 Å². The molecule has 1 unspecified atom stereocenters. The van der Waals surface area contributed by atoms with Crippen molar-refractivity contribution in [2.24, 2.45) is 7.05 Å². The molecule has 4 rings (SSSR count). The number of likely N-dealkylation sites (tertiary alicyclic amines) is 1. The summed E-state index contributed by atoms with van der Waals surface area (Å²) in [5, 5.41) is 38.3. The molecule has 0 aliphatic carbocycles. The largest absolute Gasteiger partial charge is 0.494 e. The Morgan fingerprint density at radius 3 is 2.55 bits per heavy atom. The van der Waals surface area contributed by atoms with Crippen LogP contribution in [0.4, 0.5) is 26.4 Å². The molecular weight excluding hydrogens is 522 g/mol. The van der Waals surface area contributed by atoms with Gasteiger partial charge in [-0.05, 0) is 19.1 Å². The van der Waals surface area contributed by atoms with Crippen LogP contribution in [0, 0.1) is 11.3 Å². The highest BCUT2D eigenvalue weighted by atomic mass is 19.1. The number of hydrogen-bond acceptors (Lipinski definition) is 10. The lowest BCUT2D eigenvalue weighted by Crippen LogP contribution is -2.61. The summed E-state index contributed by atoms with van der Waals surface area (Å²) in [5.41, 5.74) is -3.43. The van der Waals surface area contributed by atoms with Crippen LogP contribution in [0.25, 0.3) is 11.4 Å². The topological polar surface area (TPSA) is 183 Å². The molecule has 0 saturated carbocycles. The maximum absolute atomic E-state index is 13.9. The Morgan fingerprint density at radius 1 is 1.27 bits per heavy atom. The number of nitrogens with one attached hydrogen (secondary N) is 3. The van der Waals surface area contributed by atoms with Crippen molar-refractivity contribution in [2.45, 2.75) is 32.1 Å². The van der Waals surface area contributed by atoms with Gasteiger partial charge >= 0.3 is 6.03 Å². The van der Waals surface area contributed by atoms with Gasteiger partial charge in [0, 0.05) is 13.1 Å². The summed E-state index contributed by atoms with van der Waals surface area (Å²) in [5.74, 6) is -0.217. The van der Waals surface area contributed by atoms with Crippen molar-refractivity contribution in [1.29, 1.82) is 5.26 Å². The van der Waals surface area contributed by atoms with Gasteiger partial charge in [-0.2, -0.15) is 10.4 Å². The van der Waals surface area contributed by atoms with Crippen LogP contribution in [0.1, 0.15) is 31.3 Å². The average Bonchev–Trinajstić information content (AvgIpc) is 3.33. The monoisotopic (exact) mass is 550 g/mol. The van der Waals surface area contributed by atoms with Gasteiger partial charge < -0.3 is 25.4 Å². The molecule has 2 aromatic heterocycles. The molecule has 14 nitrogen and oxygen atoms in total.